The third-order valence-electron chi connectivity index (χ3n) is 4.47. The molecule has 0 saturated carbocycles. The number of aromatic nitrogens is 3. The van der Waals surface area contributed by atoms with Gasteiger partial charge in [-0.25, -0.2) is 4.98 Å². The van der Waals surface area contributed by atoms with E-state index in [1.54, 1.807) is 6.26 Å². The maximum absolute atomic E-state index is 13.0. The van der Waals surface area contributed by atoms with Crippen molar-refractivity contribution in [3.05, 3.63) is 53.0 Å². The zero-order chi connectivity index (χ0) is 16.7. The van der Waals surface area contributed by atoms with Crippen LogP contribution >= 0.6 is 12.4 Å². The van der Waals surface area contributed by atoms with Gasteiger partial charge in [0.05, 0.1) is 17.3 Å². The molecular weight excluding hydrogens is 338 g/mol. The Kier molecular flexibility index (Phi) is 4.68. The molecule has 0 N–H and O–H groups in total. The summed E-state index contributed by atoms with van der Waals surface area (Å²) in [7, 11) is 1.93. The highest BCUT2D eigenvalue weighted by atomic mass is 35.5. The SMILES string of the molecule is CCCCn1c(=O)c2nc(-c3ccco3)n(C)c2c2ccccc21.Cl. The molecule has 0 aliphatic heterocycles. The number of hydrogen-bond acceptors (Lipinski definition) is 3. The van der Waals surface area contributed by atoms with Crippen LogP contribution < -0.4 is 5.56 Å². The minimum Gasteiger partial charge on any atom is -0.461 e. The van der Waals surface area contributed by atoms with E-state index >= 15 is 0 Å². The topological polar surface area (TPSA) is 53.0 Å². The summed E-state index contributed by atoms with van der Waals surface area (Å²) in [6, 6.07) is 11.7. The maximum atomic E-state index is 13.0. The molecule has 0 aliphatic rings. The maximum Gasteiger partial charge on any atom is 0.279 e. The Hall–Kier alpha value is -2.53. The summed E-state index contributed by atoms with van der Waals surface area (Å²) in [4.78, 5) is 17.6. The van der Waals surface area contributed by atoms with E-state index in [-0.39, 0.29) is 18.0 Å². The third kappa shape index (κ3) is 2.65. The fourth-order valence-corrected chi connectivity index (χ4v) is 3.27. The minimum absolute atomic E-state index is 0. The second-order valence-electron chi connectivity index (χ2n) is 6.00. The predicted molar refractivity (Wildman–Crippen MR) is 102 cm³/mol. The normalized spacial score (nSPS) is 11.1. The van der Waals surface area contributed by atoms with Gasteiger partial charge in [-0.2, -0.15) is 0 Å². The van der Waals surface area contributed by atoms with E-state index in [0.29, 0.717) is 23.6 Å². The molecule has 0 atom stereocenters. The van der Waals surface area contributed by atoms with Crippen molar-refractivity contribution in [3.63, 3.8) is 0 Å². The number of unbranched alkanes of at least 4 members (excludes halogenated alkanes) is 1. The van der Waals surface area contributed by atoms with Crippen molar-refractivity contribution in [1.82, 2.24) is 14.1 Å². The monoisotopic (exact) mass is 357 g/mol. The van der Waals surface area contributed by atoms with Crippen LogP contribution in [0.1, 0.15) is 19.8 Å². The number of fused-ring (bicyclic) bond motifs is 3. The lowest BCUT2D eigenvalue weighted by molar-refractivity contribution is 0.574. The summed E-state index contributed by atoms with van der Waals surface area (Å²) in [5, 5.41) is 1.04. The quantitative estimate of drug-likeness (QED) is 0.545. The lowest BCUT2D eigenvalue weighted by Gasteiger charge is -2.11. The van der Waals surface area contributed by atoms with Crippen molar-refractivity contribution in [2.45, 2.75) is 26.3 Å². The lowest BCUT2D eigenvalue weighted by Crippen LogP contribution is -2.21. The first-order valence-corrected chi connectivity index (χ1v) is 8.24. The van der Waals surface area contributed by atoms with Gasteiger partial charge in [0, 0.05) is 19.0 Å². The van der Waals surface area contributed by atoms with Crippen LogP contribution in [-0.2, 0) is 13.6 Å². The molecule has 4 rings (SSSR count). The third-order valence-corrected chi connectivity index (χ3v) is 4.47. The fourth-order valence-electron chi connectivity index (χ4n) is 3.27. The van der Waals surface area contributed by atoms with Gasteiger partial charge in [0.1, 0.15) is 0 Å². The van der Waals surface area contributed by atoms with Gasteiger partial charge in [-0.1, -0.05) is 31.5 Å². The van der Waals surface area contributed by atoms with E-state index in [1.165, 1.54) is 0 Å². The Balaban J connectivity index is 0.00000182. The van der Waals surface area contributed by atoms with Crippen LogP contribution in [0.25, 0.3) is 33.5 Å². The van der Waals surface area contributed by atoms with Crippen LogP contribution in [0, 0.1) is 0 Å². The summed E-state index contributed by atoms with van der Waals surface area (Å²) in [5.41, 5.74) is 2.27. The van der Waals surface area contributed by atoms with Crippen LogP contribution in [0.15, 0.2) is 51.9 Å². The molecule has 0 fully saturated rings. The molecule has 25 heavy (non-hydrogen) atoms. The van der Waals surface area contributed by atoms with E-state index < -0.39 is 0 Å². The van der Waals surface area contributed by atoms with Crippen molar-refractivity contribution < 1.29 is 4.42 Å². The summed E-state index contributed by atoms with van der Waals surface area (Å²) in [6.45, 7) is 2.83. The molecular formula is C19H20ClN3O2. The van der Waals surface area contributed by atoms with Crippen LogP contribution in [-0.4, -0.2) is 14.1 Å². The Morgan fingerprint density at radius 1 is 1.16 bits per heavy atom. The summed E-state index contributed by atoms with van der Waals surface area (Å²) < 4.78 is 9.28. The predicted octanol–water partition coefficient (Wildman–Crippen LogP) is 4.37. The van der Waals surface area contributed by atoms with Crippen LogP contribution in [0.5, 0.6) is 0 Å². The molecule has 6 heteroatoms. The van der Waals surface area contributed by atoms with E-state index in [9.17, 15) is 4.79 Å². The van der Waals surface area contributed by atoms with Crippen LogP contribution in [0.3, 0.4) is 0 Å². The largest absolute Gasteiger partial charge is 0.461 e. The second kappa shape index (κ2) is 6.76. The van der Waals surface area contributed by atoms with Gasteiger partial charge < -0.3 is 13.6 Å². The van der Waals surface area contributed by atoms with Gasteiger partial charge in [-0.05, 0) is 24.6 Å². The van der Waals surface area contributed by atoms with Gasteiger partial charge in [0.15, 0.2) is 17.1 Å². The first kappa shape index (κ1) is 17.3. The summed E-state index contributed by atoms with van der Waals surface area (Å²) >= 11 is 0. The number of nitrogens with zero attached hydrogens (tertiary/aromatic N) is 3. The molecule has 3 heterocycles. The molecule has 0 unspecified atom stereocenters. The van der Waals surface area contributed by atoms with Gasteiger partial charge in [-0.15, -0.1) is 12.4 Å². The number of rotatable bonds is 4. The highest BCUT2D eigenvalue weighted by molar-refractivity contribution is 6.03. The van der Waals surface area contributed by atoms with Gasteiger partial charge in [0.25, 0.3) is 5.56 Å². The van der Waals surface area contributed by atoms with Crippen molar-refractivity contribution in [3.8, 4) is 11.6 Å². The molecule has 4 aromatic rings. The van der Waals surface area contributed by atoms with Gasteiger partial charge in [-0.3, -0.25) is 4.79 Å². The van der Waals surface area contributed by atoms with Crippen molar-refractivity contribution in [1.29, 1.82) is 0 Å². The number of para-hydroxylation sites is 1. The Labute approximate surface area is 151 Å². The fraction of sp³-hybridized carbons (Fsp3) is 0.263. The highest BCUT2D eigenvalue weighted by Crippen LogP contribution is 2.28. The van der Waals surface area contributed by atoms with Crippen molar-refractivity contribution in [2.75, 3.05) is 0 Å². The number of aryl methyl sites for hydroxylation is 2. The molecule has 130 valence electrons. The average Bonchev–Trinajstić information content (AvgIpc) is 3.23. The number of furan rings is 1. The first-order chi connectivity index (χ1) is 11.7. The van der Waals surface area contributed by atoms with Crippen LogP contribution in [0.2, 0.25) is 0 Å². The number of benzene rings is 1. The second-order valence-corrected chi connectivity index (χ2v) is 6.00. The molecule has 0 radical (unpaired) electrons. The summed E-state index contributed by atoms with van der Waals surface area (Å²) in [5.74, 6) is 1.34. The van der Waals surface area contributed by atoms with E-state index in [1.807, 2.05) is 52.6 Å². The van der Waals surface area contributed by atoms with Crippen molar-refractivity contribution in [2.24, 2.45) is 7.05 Å². The lowest BCUT2D eigenvalue weighted by atomic mass is 10.1. The Morgan fingerprint density at radius 3 is 2.68 bits per heavy atom. The highest BCUT2D eigenvalue weighted by Gasteiger charge is 2.19. The number of pyridine rings is 1. The number of halogens is 1. The van der Waals surface area contributed by atoms with E-state index in [2.05, 4.69) is 11.9 Å². The molecule has 0 aliphatic carbocycles. The average molecular weight is 358 g/mol. The molecule has 5 nitrogen and oxygen atoms in total. The number of hydrogen-bond donors (Lipinski definition) is 0. The standard InChI is InChI=1S/C19H19N3O2.ClH/c1-3-4-11-22-14-9-6-5-8-13(14)17-16(19(22)23)20-18(21(17)2)15-10-7-12-24-15;/h5-10,12H,3-4,11H2,1-2H3;1H. The van der Waals surface area contributed by atoms with Gasteiger partial charge in [0.2, 0.25) is 0 Å². The molecule has 0 spiro atoms. The molecule has 0 amide bonds. The van der Waals surface area contributed by atoms with Gasteiger partial charge >= 0.3 is 0 Å². The Morgan fingerprint density at radius 2 is 1.96 bits per heavy atom. The molecule has 0 saturated heterocycles. The minimum atomic E-state index is -0.0365. The van der Waals surface area contributed by atoms with E-state index in [4.69, 9.17) is 4.42 Å². The number of imidazole rings is 1. The zero-order valence-electron chi connectivity index (χ0n) is 14.2. The zero-order valence-corrected chi connectivity index (χ0v) is 15.0. The van der Waals surface area contributed by atoms with E-state index in [0.717, 1.165) is 29.3 Å². The molecule has 3 aromatic heterocycles. The van der Waals surface area contributed by atoms with Crippen LogP contribution in [0.4, 0.5) is 0 Å². The molecule has 0 bridgehead atoms. The van der Waals surface area contributed by atoms with Crippen molar-refractivity contribution >= 4 is 34.3 Å². The smallest absolute Gasteiger partial charge is 0.279 e. The first-order valence-electron chi connectivity index (χ1n) is 8.24. The summed E-state index contributed by atoms with van der Waals surface area (Å²) in [6.07, 6.45) is 3.62. The Bertz CT molecular complexity index is 1080. The molecule has 1 aromatic carbocycles.